The maximum absolute atomic E-state index is 12.5. The lowest BCUT2D eigenvalue weighted by atomic mass is 9.88. The Morgan fingerprint density at radius 2 is 1.12 bits per heavy atom. The summed E-state index contributed by atoms with van der Waals surface area (Å²) in [6, 6.07) is 0. The van der Waals surface area contributed by atoms with Crippen LogP contribution >= 0.6 is 0 Å². The monoisotopic (exact) mass is 737 g/mol. The molecule has 1 fully saturated rings. The third kappa shape index (κ3) is 26.9. The molecule has 0 aromatic carbocycles. The van der Waals surface area contributed by atoms with E-state index in [4.69, 9.17) is 9.47 Å². The first-order chi connectivity index (χ1) is 25.1. The van der Waals surface area contributed by atoms with E-state index in [0.29, 0.717) is 25.7 Å². The summed E-state index contributed by atoms with van der Waals surface area (Å²) in [6.45, 7) is 6.37. The first-order valence-corrected chi connectivity index (χ1v) is 21.7. The number of carbonyl (C=O) groups excluding carboxylic acids is 3. The van der Waals surface area contributed by atoms with Gasteiger partial charge in [-0.3, -0.25) is 14.4 Å². The van der Waals surface area contributed by atoms with Crippen molar-refractivity contribution in [3.8, 4) is 0 Å². The Morgan fingerprint density at radius 3 is 1.60 bits per heavy atom. The first-order valence-electron chi connectivity index (χ1n) is 21.7. The number of rotatable bonds is 35. The average molecular weight is 737 g/mol. The van der Waals surface area contributed by atoms with Crippen LogP contribution in [0.1, 0.15) is 201 Å². The lowest BCUT2D eigenvalue weighted by molar-refractivity contribution is -0.152. The quantitative estimate of drug-likeness (QED) is 0.0333. The average Bonchev–Trinajstić information content (AvgIpc) is 3.38. The highest BCUT2D eigenvalue weighted by Crippen LogP contribution is 2.34. The zero-order chi connectivity index (χ0) is 38.2. The molecule has 0 saturated heterocycles. The van der Waals surface area contributed by atoms with Gasteiger partial charge in [0, 0.05) is 31.1 Å². The van der Waals surface area contributed by atoms with Crippen LogP contribution < -0.4 is 0 Å². The fourth-order valence-corrected chi connectivity index (χ4v) is 7.23. The molecule has 3 N–H and O–H groups in total. The molecule has 8 nitrogen and oxygen atoms in total. The van der Waals surface area contributed by atoms with Gasteiger partial charge < -0.3 is 24.8 Å². The Balaban J connectivity index is 1.96. The fourth-order valence-electron chi connectivity index (χ4n) is 7.23. The normalized spacial score (nSPS) is 18.8. The van der Waals surface area contributed by atoms with Crippen molar-refractivity contribution in [3.05, 3.63) is 12.2 Å². The Kier molecular flexibility index (Phi) is 30.3. The number of ether oxygens (including phenoxy) is 2. The van der Waals surface area contributed by atoms with Gasteiger partial charge in [0.25, 0.3) is 0 Å². The van der Waals surface area contributed by atoms with Crippen molar-refractivity contribution in [3.63, 3.8) is 0 Å². The lowest BCUT2D eigenvalue weighted by Crippen LogP contribution is -2.25. The largest absolute Gasteiger partial charge is 0.463 e. The zero-order valence-electron chi connectivity index (χ0n) is 33.7. The van der Waals surface area contributed by atoms with Crippen LogP contribution in [-0.4, -0.2) is 64.6 Å². The number of aliphatic hydroxyl groups excluding tert-OH is 3. The van der Waals surface area contributed by atoms with Crippen molar-refractivity contribution in [1.82, 2.24) is 0 Å². The maximum atomic E-state index is 12.5. The molecule has 1 aliphatic carbocycles. The van der Waals surface area contributed by atoms with E-state index in [1.54, 1.807) is 6.08 Å². The minimum absolute atomic E-state index is 0.0840. The second-order valence-corrected chi connectivity index (χ2v) is 16.1. The predicted octanol–water partition coefficient (Wildman–Crippen LogP) is 10.1. The number of ketones is 1. The van der Waals surface area contributed by atoms with Gasteiger partial charge >= 0.3 is 11.9 Å². The number of Topliss-reactive ketones (excluding diaryl/α,β-unsaturated/α-hetero) is 1. The predicted molar refractivity (Wildman–Crippen MR) is 211 cm³/mol. The van der Waals surface area contributed by atoms with E-state index in [1.807, 2.05) is 6.08 Å². The first kappa shape index (κ1) is 48.2. The van der Waals surface area contributed by atoms with Crippen LogP contribution in [-0.2, 0) is 23.9 Å². The molecule has 0 spiro atoms. The van der Waals surface area contributed by atoms with Crippen molar-refractivity contribution in [2.75, 3.05) is 13.2 Å². The highest BCUT2D eigenvalue weighted by molar-refractivity contribution is 5.84. The van der Waals surface area contributed by atoms with Crippen molar-refractivity contribution in [2.45, 2.75) is 219 Å². The van der Waals surface area contributed by atoms with E-state index in [1.165, 1.54) is 83.5 Å². The minimum atomic E-state index is -1.04. The summed E-state index contributed by atoms with van der Waals surface area (Å²) in [5.41, 5.74) is 0. The van der Waals surface area contributed by atoms with Crippen LogP contribution in [0.3, 0.4) is 0 Å². The molecule has 5 atom stereocenters. The fraction of sp³-hybridized carbons (Fsp3) is 0.886. The van der Waals surface area contributed by atoms with Gasteiger partial charge in [-0.2, -0.15) is 0 Å². The van der Waals surface area contributed by atoms with Gasteiger partial charge in [0.2, 0.25) is 0 Å². The van der Waals surface area contributed by atoms with E-state index < -0.39 is 18.3 Å². The summed E-state index contributed by atoms with van der Waals surface area (Å²) in [5, 5.41) is 30.7. The van der Waals surface area contributed by atoms with Gasteiger partial charge in [-0.15, -0.1) is 0 Å². The molecule has 0 bridgehead atoms. The summed E-state index contributed by atoms with van der Waals surface area (Å²) in [4.78, 5) is 36.6. The molecule has 0 aliphatic heterocycles. The van der Waals surface area contributed by atoms with E-state index in [-0.39, 0.29) is 55.6 Å². The molecule has 304 valence electrons. The third-order valence-electron chi connectivity index (χ3n) is 10.6. The second-order valence-electron chi connectivity index (χ2n) is 16.1. The molecule has 0 amide bonds. The molecule has 1 aliphatic rings. The highest BCUT2D eigenvalue weighted by atomic mass is 16.6. The lowest BCUT2D eigenvalue weighted by Gasteiger charge is -2.18. The number of hydrogen-bond donors (Lipinski definition) is 3. The van der Waals surface area contributed by atoms with Crippen LogP contribution in [0.25, 0.3) is 0 Å². The number of hydrogen-bond acceptors (Lipinski definition) is 8. The van der Waals surface area contributed by atoms with Crippen molar-refractivity contribution < 1.29 is 39.2 Å². The van der Waals surface area contributed by atoms with Gasteiger partial charge in [0.1, 0.15) is 25.1 Å². The molecule has 8 heteroatoms. The summed E-state index contributed by atoms with van der Waals surface area (Å²) < 4.78 is 10.3. The smallest absolute Gasteiger partial charge is 0.305 e. The molecular formula is C44H80O8. The number of carbonyl (C=O) groups is 3. The van der Waals surface area contributed by atoms with E-state index in [9.17, 15) is 29.7 Å². The number of esters is 2. The zero-order valence-corrected chi connectivity index (χ0v) is 33.7. The molecule has 0 aromatic rings. The summed E-state index contributed by atoms with van der Waals surface area (Å²) in [6.07, 6.45) is 30.3. The van der Waals surface area contributed by atoms with E-state index >= 15 is 0 Å². The standard InChI is InChI=1S/C44H80O8/c1-4-5-21-27-37(45)31-32-40-39(41(47)33-42(40)48)28-23-19-20-25-30-44(50)52-35-38(46)34-51-43(49)29-24-18-16-14-12-10-8-6-7-9-11-13-15-17-22-26-36(2)3/h31-32,36-40,42,45-46,48H,4-30,33-35H2,1-3H3/b32-31+/t37-,38+,39+,40+,42+/m0/s1. The van der Waals surface area contributed by atoms with Crippen LogP contribution in [0.2, 0.25) is 0 Å². The van der Waals surface area contributed by atoms with Gasteiger partial charge in [-0.05, 0) is 31.6 Å². The van der Waals surface area contributed by atoms with Crippen LogP contribution in [0.5, 0.6) is 0 Å². The molecule has 0 aromatic heterocycles. The Hall–Kier alpha value is -1.77. The Morgan fingerprint density at radius 1 is 0.673 bits per heavy atom. The Labute approximate surface area is 318 Å². The summed E-state index contributed by atoms with van der Waals surface area (Å²) in [5.74, 6) is -0.256. The summed E-state index contributed by atoms with van der Waals surface area (Å²) >= 11 is 0. The van der Waals surface area contributed by atoms with Crippen molar-refractivity contribution in [1.29, 1.82) is 0 Å². The number of unbranched alkanes of at least 4 members (excludes halogenated alkanes) is 19. The maximum Gasteiger partial charge on any atom is 0.305 e. The second kappa shape index (κ2) is 32.6. The van der Waals surface area contributed by atoms with Gasteiger partial charge in [0.05, 0.1) is 12.2 Å². The molecule has 0 unspecified atom stereocenters. The third-order valence-corrected chi connectivity index (χ3v) is 10.6. The van der Waals surface area contributed by atoms with Crippen LogP contribution in [0.4, 0.5) is 0 Å². The van der Waals surface area contributed by atoms with Crippen LogP contribution in [0.15, 0.2) is 12.2 Å². The van der Waals surface area contributed by atoms with Crippen molar-refractivity contribution >= 4 is 17.7 Å². The molecular weight excluding hydrogens is 656 g/mol. The van der Waals surface area contributed by atoms with E-state index in [0.717, 1.165) is 63.7 Å². The molecule has 52 heavy (non-hydrogen) atoms. The van der Waals surface area contributed by atoms with Gasteiger partial charge in [-0.25, -0.2) is 0 Å². The number of aliphatic hydroxyl groups is 3. The summed E-state index contributed by atoms with van der Waals surface area (Å²) in [7, 11) is 0. The molecule has 0 radical (unpaired) electrons. The van der Waals surface area contributed by atoms with E-state index in [2.05, 4.69) is 20.8 Å². The topological polar surface area (TPSA) is 130 Å². The molecule has 1 rings (SSSR count). The molecule has 1 saturated carbocycles. The Bertz CT molecular complexity index is 918. The SMILES string of the molecule is CCCCC[C@H](O)/C=C/[C@H]1[C@H](O)CC(=O)[C@@H]1CCCCCCC(=O)OC[C@H](O)COC(=O)CCCCCCCCCCCCCCCCCC(C)C. The van der Waals surface area contributed by atoms with Crippen molar-refractivity contribution in [2.24, 2.45) is 17.8 Å². The van der Waals surface area contributed by atoms with Gasteiger partial charge in [-0.1, -0.05) is 168 Å². The van der Waals surface area contributed by atoms with Gasteiger partial charge in [0.15, 0.2) is 0 Å². The highest BCUT2D eigenvalue weighted by Gasteiger charge is 2.39. The van der Waals surface area contributed by atoms with Crippen LogP contribution in [0, 0.1) is 17.8 Å². The minimum Gasteiger partial charge on any atom is -0.463 e. The molecule has 0 heterocycles.